The second-order valence-electron chi connectivity index (χ2n) is 9.53. The maximum Gasteiger partial charge on any atom is 0.242 e. The summed E-state index contributed by atoms with van der Waals surface area (Å²) >= 11 is 0. The Hall–Kier alpha value is -1.06. The van der Waals surface area contributed by atoms with Crippen molar-refractivity contribution < 1.29 is 9.59 Å². The van der Waals surface area contributed by atoms with Crippen molar-refractivity contribution >= 4 is 11.8 Å². The Morgan fingerprint density at radius 2 is 1.62 bits per heavy atom. The summed E-state index contributed by atoms with van der Waals surface area (Å²) in [5.41, 5.74) is 0. The van der Waals surface area contributed by atoms with Gasteiger partial charge in [-0.15, -0.1) is 0 Å². The van der Waals surface area contributed by atoms with E-state index in [0.29, 0.717) is 24.2 Å². The summed E-state index contributed by atoms with van der Waals surface area (Å²) in [6, 6.07) is -0.153. The number of hydrogen-bond donors (Lipinski definition) is 2. The van der Waals surface area contributed by atoms with Crippen LogP contribution in [0.4, 0.5) is 0 Å². The van der Waals surface area contributed by atoms with E-state index in [1.54, 1.807) is 0 Å². The highest BCUT2D eigenvalue weighted by atomic mass is 16.2. The van der Waals surface area contributed by atoms with Crippen molar-refractivity contribution in [2.75, 3.05) is 0 Å². The van der Waals surface area contributed by atoms with Gasteiger partial charge in [-0.3, -0.25) is 9.59 Å². The predicted molar refractivity (Wildman–Crippen MR) is 107 cm³/mol. The molecule has 4 heteroatoms. The Labute approximate surface area is 160 Å². The highest BCUT2D eigenvalue weighted by molar-refractivity contribution is 5.88. The van der Waals surface area contributed by atoms with Gasteiger partial charge in [-0.2, -0.15) is 0 Å². The summed E-state index contributed by atoms with van der Waals surface area (Å²) in [6.07, 6.45) is 8.35. The lowest BCUT2D eigenvalue weighted by molar-refractivity contribution is -0.132. The lowest BCUT2D eigenvalue weighted by Crippen LogP contribution is -2.53. The molecule has 2 saturated carbocycles. The molecule has 0 aromatic carbocycles. The lowest BCUT2D eigenvalue weighted by Gasteiger charge is -2.36. The first kappa shape index (κ1) is 21.2. The van der Waals surface area contributed by atoms with Crippen LogP contribution in [0.3, 0.4) is 0 Å². The molecule has 0 bridgehead atoms. The van der Waals surface area contributed by atoms with Crippen LogP contribution >= 0.6 is 0 Å². The van der Waals surface area contributed by atoms with Crippen LogP contribution in [0.2, 0.25) is 0 Å². The molecule has 0 aromatic rings. The zero-order chi connectivity index (χ0) is 19.3. The molecule has 2 rings (SSSR count). The number of carbonyl (C=O) groups excluding carboxylic acids is 2. The third kappa shape index (κ3) is 5.99. The van der Waals surface area contributed by atoms with Crippen LogP contribution < -0.4 is 10.6 Å². The molecule has 26 heavy (non-hydrogen) atoms. The third-order valence-corrected chi connectivity index (χ3v) is 6.76. The molecule has 4 nitrogen and oxygen atoms in total. The first-order chi connectivity index (χ1) is 12.3. The van der Waals surface area contributed by atoms with E-state index in [1.165, 1.54) is 12.8 Å². The van der Waals surface area contributed by atoms with Crippen molar-refractivity contribution in [1.82, 2.24) is 10.6 Å². The monoisotopic (exact) mass is 364 g/mol. The molecule has 4 atom stereocenters. The Bertz CT molecular complexity index is 469. The van der Waals surface area contributed by atoms with Crippen molar-refractivity contribution in [3.63, 3.8) is 0 Å². The van der Waals surface area contributed by atoms with Gasteiger partial charge in [0, 0.05) is 12.0 Å². The maximum atomic E-state index is 12.9. The normalized spacial score (nSPS) is 33.5. The smallest absolute Gasteiger partial charge is 0.242 e. The standard InChI is InChI=1S/C22H40N2O2/c1-14(2)13-20(24-21(25)18-11-9-15(3)10-12-18)22(26)23-19-8-6-7-16(4)17(19)5/h14-20H,6-13H2,1-5H3,(H,23,26)(H,24,25)/t15?,16-,17+,18?,19+,20-/m0/s1. The zero-order valence-corrected chi connectivity index (χ0v) is 17.5. The van der Waals surface area contributed by atoms with E-state index in [2.05, 4.69) is 45.3 Å². The number of nitrogens with one attached hydrogen (secondary N) is 2. The molecule has 150 valence electrons. The quantitative estimate of drug-likeness (QED) is 0.739. The molecule has 0 unspecified atom stereocenters. The molecule has 0 saturated heterocycles. The summed E-state index contributed by atoms with van der Waals surface area (Å²) in [6.45, 7) is 11.0. The van der Waals surface area contributed by atoms with Gasteiger partial charge >= 0.3 is 0 Å². The third-order valence-electron chi connectivity index (χ3n) is 6.76. The van der Waals surface area contributed by atoms with E-state index >= 15 is 0 Å². The molecule has 0 radical (unpaired) electrons. The van der Waals surface area contributed by atoms with E-state index < -0.39 is 6.04 Å². The Balaban J connectivity index is 1.94. The summed E-state index contributed by atoms with van der Waals surface area (Å²) in [5.74, 6) is 2.44. The van der Waals surface area contributed by atoms with Gasteiger partial charge in [0.1, 0.15) is 6.04 Å². The van der Waals surface area contributed by atoms with Crippen molar-refractivity contribution in [1.29, 1.82) is 0 Å². The topological polar surface area (TPSA) is 58.2 Å². The summed E-state index contributed by atoms with van der Waals surface area (Å²) in [4.78, 5) is 25.7. The molecule has 0 heterocycles. The number of rotatable bonds is 6. The van der Waals surface area contributed by atoms with Gasteiger partial charge in [-0.1, -0.05) is 47.5 Å². The van der Waals surface area contributed by atoms with Crippen molar-refractivity contribution in [2.24, 2.45) is 29.6 Å². The average Bonchev–Trinajstić information content (AvgIpc) is 2.58. The van der Waals surface area contributed by atoms with Crippen LogP contribution in [0, 0.1) is 29.6 Å². The summed E-state index contributed by atoms with van der Waals surface area (Å²) in [5, 5.41) is 6.36. The molecule has 0 spiro atoms. The fourth-order valence-electron chi connectivity index (χ4n) is 4.58. The van der Waals surface area contributed by atoms with Crippen molar-refractivity contribution in [3.8, 4) is 0 Å². The Morgan fingerprint density at radius 3 is 2.23 bits per heavy atom. The maximum absolute atomic E-state index is 12.9. The van der Waals surface area contributed by atoms with Gasteiger partial charge in [-0.05, 0) is 62.2 Å². The van der Waals surface area contributed by atoms with Crippen LogP contribution in [-0.4, -0.2) is 23.9 Å². The van der Waals surface area contributed by atoms with E-state index in [1.807, 2.05) is 0 Å². The number of amides is 2. The fraction of sp³-hybridized carbons (Fsp3) is 0.909. The lowest BCUT2D eigenvalue weighted by atomic mass is 9.78. The minimum Gasteiger partial charge on any atom is -0.351 e. The van der Waals surface area contributed by atoms with Gasteiger partial charge in [-0.25, -0.2) is 0 Å². The van der Waals surface area contributed by atoms with Gasteiger partial charge in [0.25, 0.3) is 0 Å². The highest BCUT2D eigenvalue weighted by Crippen LogP contribution is 2.30. The molecule has 2 N–H and O–H groups in total. The van der Waals surface area contributed by atoms with E-state index in [4.69, 9.17) is 0 Å². The molecule has 2 aliphatic rings. The molecule has 2 amide bonds. The number of carbonyl (C=O) groups is 2. The Morgan fingerprint density at radius 1 is 0.962 bits per heavy atom. The molecule has 0 aromatic heterocycles. The highest BCUT2D eigenvalue weighted by Gasteiger charge is 2.32. The van der Waals surface area contributed by atoms with Gasteiger partial charge in [0.15, 0.2) is 0 Å². The number of hydrogen-bond acceptors (Lipinski definition) is 2. The minimum atomic E-state index is -0.397. The van der Waals surface area contributed by atoms with Gasteiger partial charge in [0.2, 0.25) is 11.8 Å². The van der Waals surface area contributed by atoms with Crippen molar-refractivity contribution in [2.45, 2.75) is 98.1 Å². The minimum absolute atomic E-state index is 0.0159. The van der Waals surface area contributed by atoms with E-state index in [-0.39, 0.29) is 23.8 Å². The second kappa shape index (κ2) is 9.75. The van der Waals surface area contributed by atoms with Crippen LogP contribution in [-0.2, 0) is 9.59 Å². The summed E-state index contributed by atoms with van der Waals surface area (Å²) < 4.78 is 0. The molecular formula is C22H40N2O2. The predicted octanol–water partition coefficient (Wildman–Crippen LogP) is 4.28. The average molecular weight is 365 g/mol. The fourth-order valence-corrected chi connectivity index (χ4v) is 4.58. The molecule has 2 fully saturated rings. The Kier molecular flexibility index (Phi) is 7.97. The SMILES string of the molecule is CC(C)C[C@H](NC(=O)C1CCC(C)CC1)C(=O)N[C@@H]1CCC[C@H](C)[C@H]1C. The van der Waals surface area contributed by atoms with Gasteiger partial charge in [0.05, 0.1) is 0 Å². The largest absolute Gasteiger partial charge is 0.351 e. The molecule has 2 aliphatic carbocycles. The second-order valence-corrected chi connectivity index (χ2v) is 9.53. The summed E-state index contributed by atoms with van der Waals surface area (Å²) in [7, 11) is 0. The van der Waals surface area contributed by atoms with Crippen LogP contribution in [0.15, 0.2) is 0 Å². The van der Waals surface area contributed by atoms with Crippen LogP contribution in [0.5, 0.6) is 0 Å². The first-order valence-electron chi connectivity index (χ1n) is 10.9. The van der Waals surface area contributed by atoms with Crippen LogP contribution in [0.25, 0.3) is 0 Å². The first-order valence-corrected chi connectivity index (χ1v) is 10.9. The van der Waals surface area contributed by atoms with Gasteiger partial charge < -0.3 is 10.6 Å². The van der Waals surface area contributed by atoms with Crippen LogP contribution in [0.1, 0.15) is 86.0 Å². The molecular weight excluding hydrogens is 324 g/mol. The van der Waals surface area contributed by atoms with E-state index in [9.17, 15) is 9.59 Å². The van der Waals surface area contributed by atoms with E-state index in [0.717, 1.165) is 38.0 Å². The molecule has 0 aliphatic heterocycles. The zero-order valence-electron chi connectivity index (χ0n) is 17.5. The van der Waals surface area contributed by atoms with Crippen molar-refractivity contribution in [3.05, 3.63) is 0 Å².